The van der Waals surface area contributed by atoms with Crippen LogP contribution in [0.5, 0.6) is 5.75 Å². The molecule has 1 saturated heterocycles. The lowest BCUT2D eigenvalue weighted by atomic mass is 9.68. The summed E-state index contributed by atoms with van der Waals surface area (Å²) in [6, 6.07) is 10.3. The van der Waals surface area contributed by atoms with Crippen LogP contribution in [0.25, 0.3) is 10.9 Å². The number of fused-ring (bicyclic) bond motifs is 4. The van der Waals surface area contributed by atoms with Crippen LogP contribution in [-0.4, -0.2) is 69.9 Å². The van der Waals surface area contributed by atoms with Gasteiger partial charge in [-0.2, -0.15) is 0 Å². The Hall–Kier alpha value is -3.10. The number of aliphatic hydroxyl groups is 1. The molecular weight excluding hydrogens is 454 g/mol. The molecule has 1 atom stereocenters. The first kappa shape index (κ1) is 24.6. The number of nitrogens with zero attached hydrogens (tertiary/aromatic N) is 4. The van der Waals surface area contributed by atoms with Crippen LogP contribution in [-0.2, 0) is 19.0 Å². The van der Waals surface area contributed by atoms with Gasteiger partial charge in [0.15, 0.2) is 0 Å². The fourth-order valence-electron chi connectivity index (χ4n) is 6.24. The van der Waals surface area contributed by atoms with Gasteiger partial charge in [-0.1, -0.05) is 6.07 Å². The summed E-state index contributed by atoms with van der Waals surface area (Å²) in [6.07, 6.45) is 5.44. The lowest BCUT2D eigenvalue weighted by Crippen LogP contribution is -2.56. The molecule has 0 saturated carbocycles. The highest BCUT2D eigenvalue weighted by Gasteiger charge is 2.48. The summed E-state index contributed by atoms with van der Waals surface area (Å²) in [5.41, 5.74) is 4.61. The Labute approximate surface area is 212 Å². The van der Waals surface area contributed by atoms with Crippen LogP contribution in [0, 0.1) is 0 Å². The number of methoxy groups -OCH3 is 1. The quantitative estimate of drug-likeness (QED) is 0.570. The molecular formula is C28H37N5O3. The maximum absolute atomic E-state index is 12.8. The van der Waals surface area contributed by atoms with E-state index in [1.807, 2.05) is 37.1 Å². The zero-order chi connectivity index (χ0) is 25.4. The molecule has 4 heterocycles. The maximum atomic E-state index is 12.8. The number of rotatable bonds is 5. The van der Waals surface area contributed by atoms with E-state index in [0.717, 1.165) is 41.9 Å². The van der Waals surface area contributed by atoms with Crippen LogP contribution in [0.1, 0.15) is 49.6 Å². The Kier molecular flexibility index (Phi) is 6.66. The molecule has 0 aliphatic carbocycles. The Morgan fingerprint density at radius 3 is 2.69 bits per heavy atom. The van der Waals surface area contributed by atoms with Gasteiger partial charge in [-0.15, -0.1) is 0 Å². The van der Waals surface area contributed by atoms with E-state index in [9.17, 15) is 9.90 Å². The van der Waals surface area contributed by atoms with Crippen molar-refractivity contribution in [2.24, 2.45) is 7.05 Å². The standard InChI is InChI=1S/C28H37N5O3/c1-19(2)30-27(35)32-12-9-28(10-13-32)18-33(16-20-6-5-11-29-15-20)24(17-34)26-25(28)22-8-7-21(36-4)14-23(22)31(26)3/h5-8,11,14-15,19,24,34H,9-10,12-13,16-18H2,1-4H3,(H,30,35)/t24-/m0/s1. The van der Waals surface area contributed by atoms with Gasteiger partial charge in [0.05, 0.1) is 25.3 Å². The molecule has 3 aromatic rings. The summed E-state index contributed by atoms with van der Waals surface area (Å²) < 4.78 is 7.78. The highest BCUT2D eigenvalue weighted by atomic mass is 16.5. The van der Waals surface area contributed by atoms with Gasteiger partial charge in [0.25, 0.3) is 0 Å². The summed E-state index contributed by atoms with van der Waals surface area (Å²) in [6.45, 7) is 6.96. The van der Waals surface area contributed by atoms with E-state index >= 15 is 0 Å². The molecule has 2 aliphatic rings. The van der Waals surface area contributed by atoms with Gasteiger partial charge in [0.2, 0.25) is 0 Å². The van der Waals surface area contributed by atoms with Crippen LogP contribution in [0.15, 0.2) is 42.7 Å². The number of urea groups is 1. The summed E-state index contributed by atoms with van der Waals surface area (Å²) in [4.78, 5) is 21.4. The van der Waals surface area contributed by atoms with Crippen molar-refractivity contribution >= 4 is 16.9 Å². The monoisotopic (exact) mass is 491 g/mol. The van der Waals surface area contributed by atoms with Gasteiger partial charge in [0, 0.05) is 74.2 Å². The third-order valence-corrected chi connectivity index (χ3v) is 7.95. The van der Waals surface area contributed by atoms with Crippen molar-refractivity contribution in [3.8, 4) is 5.75 Å². The summed E-state index contributed by atoms with van der Waals surface area (Å²) in [7, 11) is 3.78. The highest BCUT2D eigenvalue weighted by molar-refractivity contribution is 5.88. The van der Waals surface area contributed by atoms with Crippen LogP contribution in [0.2, 0.25) is 0 Å². The van der Waals surface area contributed by atoms with Crippen molar-refractivity contribution in [2.75, 3.05) is 33.4 Å². The number of likely N-dealkylation sites (tertiary alicyclic amines) is 1. The minimum atomic E-state index is -0.128. The van der Waals surface area contributed by atoms with E-state index in [2.05, 4.69) is 45.0 Å². The number of aromatic nitrogens is 2. The summed E-state index contributed by atoms with van der Waals surface area (Å²) in [5.74, 6) is 0.822. The van der Waals surface area contributed by atoms with Crippen molar-refractivity contribution in [1.82, 2.24) is 24.7 Å². The normalized spacial score (nSPS) is 19.6. The van der Waals surface area contributed by atoms with Gasteiger partial charge in [-0.3, -0.25) is 9.88 Å². The SMILES string of the molecule is COc1ccc2c3c(n(C)c2c1)[C@H](CO)N(Cc1cccnc1)CC31CCN(C(=O)NC(C)C)CC1. The lowest BCUT2D eigenvalue weighted by Gasteiger charge is -2.50. The average molecular weight is 492 g/mol. The summed E-state index contributed by atoms with van der Waals surface area (Å²) >= 11 is 0. The summed E-state index contributed by atoms with van der Waals surface area (Å²) in [5, 5.41) is 14.9. The van der Waals surface area contributed by atoms with E-state index in [-0.39, 0.29) is 30.1 Å². The molecule has 5 rings (SSSR count). The number of ether oxygens (including phenoxy) is 1. The molecule has 8 heteroatoms. The maximum Gasteiger partial charge on any atom is 0.317 e. The predicted molar refractivity (Wildman–Crippen MR) is 140 cm³/mol. The molecule has 1 aromatic carbocycles. The number of nitrogens with one attached hydrogen (secondary N) is 1. The number of amides is 2. The molecule has 2 aliphatic heterocycles. The third-order valence-electron chi connectivity index (χ3n) is 7.95. The zero-order valence-electron chi connectivity index (χ0n) is 21.7. The fraction of sp³-hybridized carbons (Fsp3) is 0.500. The number of benzene rings is 1. The predicted octanol–water partition coefficient (Wildman–Crippen LogP) is 3.58. The number of carbonyl (C=O) groups excluding carboxylic acids is 1. The Morgan fingerprint density at radius 1 is 1.28 bits per heavy atom. The van der Waals surface area contributed by atoms with E-state index in [0.29, 0.717) is 19.6 Å². The molecule has 2 N–H and O–H groups in total. The van der Waals surface area contributed by atoms with E-state index in [1.54, 1.807) is 13.3 Å². The first-order valence-electron chi connectivity index (χ1n) is 12.8. The number of aryl methyl sites for hydroxylation is 1. The molecule has 0 unspecified atom stereocenters. The van der Waals surface area contributed by atoms with Crippen LogP contribution < -0.4 is 10.1 Å². The minimum absolute atomic E-state index is 0.0130. The number of piperidine rings is 1. The fourth-order valence-corrected chi connectivity index (χ4v) is 6.24. The highest BCUT2D eigenvalue weighted by Crippen LogP contribution is 2.50. The van der Waals surface area contributed by atoms with Crippen LogP contribution >= 0.6 is 0 Å². The first-order valence-corrected chi connectivity index (χ1v) is 12.8. The van der Waals surface area contributed by atoms with Gasteiger partial charge < -0.3 is 24.6 Å². The molecule has 1 spiro atoms. The molecule has 2 amide bonds. The zero-order valence-corrected chi connectivity index (χ0v) is 21.7. The largest absolute Gasteiger partial charge is 0.497 e. The minimum Gasteiger partial charge on any atom is -0.497 e. The van der Waals surface area contributed by atoms with E-state index in [1.165, 1.54) is 10.9 Å². The van der Waals surface area contributed by atoms with E-state index < -0.39 is 0 Å². The number of pyridine rings is 1. The van der Waals surface area contributed by atoms with Crippen molar-refractivity contribution in [3.63, 3.8) is 0 Å². The second-order valence-electron chi connectivity index (χ2n) is 10.5. The molecule has 192 valence electrons. The second-order valence-corrected chi connectivity index (χ2v) is 10.5. The van der Waals surface area contributed by atoms with Gasteiger partial charge in [0.1, 0.15) is 5.75 Å². The molecule has 1 fully saturated rings. The Bertz CT molecular complexity index is 1230. The van der Waals surface area contributed by atoms with Gasteiger partial charge >= 0.3 is 6.03 Å². The Morgan fingerprint density at radius 2 is 2.06 bits per heavy atom. The number of aliphatic hydroxyl groups excluding tert-OH is 1. The molecule has 36 heavy (non-hydrogen) atoms. The molecule has 8 nitrogen and oxygen atoms in total. The van der Waals surface area contributed by atoms with Crippen molar-refractivity contribution < 1.29 is 14.6 Å². The van der Waals surface area contributed by atoms with Gasteiger partial charge in [-0.25, -0.2) is 4.79 Å². The van der Waals surface area contributed by atoms with Crippen LogP contribution in [0.3, 0.4) is 0 Å². The Balaban J connectivity index is 1.59. The van der Waals surface area contributed by atoms with E-state index in [4.69, 9.17) is 4.74 Å². The first-order chi connectivity index (χ1) is 17.4. The van der Waals surface area contributed by atoms with Crippen LogP contribution in [0.4, 0.5) is 4.79 Å². The number of carbonyl (C=O) groups is 1. The number of hydrogen-bond donors (Lipinski definition) is 2. The van der Waals surface area contributed by atoms with Gasteiger partial charge in [-0.05, 0) is 56.0 Å². The second kappa shape index (κ2) is 9.75. The third kappa shape index (κ3) is 4.22. The smallest absolute Gasteiger partial charge is 0.317 e. The average Bonchev–Trinajstić information content (AvgIpc) is 3.17. The lowest BCUT2D eigenvalue weighted by molar-refractivity contribution is 0.0465. The van der Waals surface area contributed by atoms with Crippen molar-refractivity contribution in [3.05, 3.63) is 59.5 Å². The topological polar surface area (TPSA) is 82.9 Å². The molecule has 0 bridgehead atoms. The van der Waals surface area contributed by atoms with Crippen molar-refractivity contribution in [1.29, 1.82) is 0 Å². The molecule has 0 radical (unpaired) electrons. The van der Waals surface area contributed by atoms with Crippen molar-refractivity contribution in [2.45, 2.75) is 50.7 Å². The molecule has 2 aromatic heterocycles. The number of hydrogen-bond acceptors (Lipinski definition) is 5.